The van der Waals surface area contributed by atoms with Crippen LogP contribution >= 0.6 is 0 Å². The van der Waals surface area contributed by atoms with E-state index in [0.29, 0.717) is 30.8 Å². The van der Waals surface area contributed by atoms with Gasteiger partial charge in [0.2, 0.25) is 0 Å². The maximum Gasteiger partial charge on any atom is 0.271 e. The van der Waals surface area contributed by atoms with Crippen molar-refractivity contribution in [2.75, 3.05) is 80.1 Å². The number of sulfone groups is 1. The number of primary amides is 1. The molecule has 4 heterocycles. The van der Waals surface area contributed by atoms with Gasteiger partial charge >= 0.3 is 0 Å². The van der Waals surface area contributed by atoms with Gasteiger partial charge < -0.3 is 36.0 Å². The summed E-state index contributed by atoms with van der Waals surface area (Å²) >= 11 is 0. The number of benzene rings is 1. The number of aromatic nitrogens is 3. The zero-order valence-electron chi connectivity index (χ0n) is 26.0. The Balaban J connectivity index is 1.38. The lowest BCUT2D eigenvalue weighted by molar-refractivity contribution is 0.0929. The number of likely N-dealkylation sites (N-methyl/N-ethyl adjacent to an activating group) is 1. The minimum Gasteiger partial charge on any atom is -0.378 e. The van der Waals surface area contributed by atoms with E-state index in [-0.39, 0.29) is 23.2 Å². The largest absolute Gasteiger partial charge is 0.378 e. The number of pyridine rings is 1. The first-order valence-corrected chi connectivity index (χ1v) is 16.7. The van der Waals surface area contributed by atoms with Crippen LogP contribution in [-0.4, -0.2) is 112 Å². The average molecular weight is 637 g/mol. The van der Waals surface area contributed by atoms with Crippen LogP contribution in [-0.2, 0) is 9.84 Å². The van der Waals surface area contributed by atoms with Gasteiger partial charge in [-0.25, -0.2) is 23.4 Å². The first-order valence-electron chi connectivity index (χ1n) is 14.8. The van der Waals surface area contributed by atoms with E-state index in [0.717, 1.165) is 43.8 Å². The molecular formula is C30H40N10O4S. The SMILES string of the molecule is CN1CCN(c2ccc(Nc3nc(N4CCC[C@@H](NC(=O)c5ccc(N(C)C)cc5)[C@H]4S(C)(=O)=O)cnc3C(N)=O)nc2)CC1. The fourth-order valence-electron chi connectivity index (χ4n) is 5.67. The van der Waals surface area contributed by atoms with Crippen molar-refractivity contribution in [2.45, 2.75) is 24.3 Å². The Hall–Kier alpha value is -4.50. The molecule has 1 aromatic carbocycles. The van der Waals surface area contributed by atoms with Gasteiger partial charge in [-0.05, 0) is 56.3 Å². The molecule has 14 nitrogen and oxygen atoms in total. The molecule has 2 fully saturated rings. The van der Waals surface area contributed by atoms with Gasteiger partial charge in [0.1, 0.15) is 5.82 Å². The lowest BCUT2D eigenvalue weighted by Crippen LogP contribution is -2.59. The van der Waals surface area contributed by atoms with Crippen molar-refractivity contribution in [3.05, 3.63) is 60.0 Å². The summed E-state index contributed by atoms with van der Waals surface area (Å²) in [6.45, 7) is 4.06. The standard InChI is InChI=1S/C30H40N10O4S/c1-37(2)21-9-7-20(8-10-21)29(42)34-23-6-5-13-40(30(23)45(4,43)44)25-19-33-26(27(31)41)28(36-25)35-24-12-11-22(18-32-24)39-16-14-38(3)15-17-39/h7-12,18-19,23,30H,5-6,13-17H2,1-4H3,(H2,31,41)(H,34,42)(H,32,35,36)/t23-,30-/m1/s1. The highest BCUT2D eigenvalue weighted by Crippen LogP contribution is 2.29. The third-order valence-electron chi connectivity index (χ3n) is 8.12. The molecule has 2 aromatic heterocycles. The van der Waals surface area contributed by atoms with Crippen LogP contribution in [0.15, 0.2) is 48.8 Å². The zero-order valence-corrected chi connectivity index (χ0v) is 26.8. The molecule has 0 spiro atoms. The number of amides is 2. The van der Waals surface area contributed by atoms with Gasteiger partial charge in [0.15, 0.2) is 32.5 Å². The quantitative estimate of drug-likeness (QED) is 0.308. The van der Waals surface area contributed by atoms with Crippen LogP contribution in [0.25, 0.3) is 0 Å². The number of hydrogen-bond donors (Lipinski definition) is 3. The molecule has 0 radical (unpaired) electrons. The molecule has 2 amide bonds. The van der Waals surface area contributed by atoms with Crippen LogP contribution in [0.1, 0.15) is 33.7 Å². The molecule has 0 aliphatic carbocycles. The molecular weight excluding hydrogens is 596 g/mol. The van der Waals surface area contributed by atoms with Crippen molar-refractivity contribution in [2.24, 2.45) is 5.73 Å². The number of rotatable bonds is 9. The molecule has 45 heavy (non-hydrogen) atoms. The van der Waals surface area contributed by atoms with Crippen molar-refractivity contribution < 1.29 is 18.0 Å². The first-order chi connectivity index (χ1) is 21.4. The topological polar surface area (TPSA) is 170 Å². The summed E-state index contributed by atoms with van der Waals surface area (Å²) in [5, 5.41) is 4.86. The fraction of sp³-hybridized carbons (Fsp3) is 0.433. The molecule has 2 aliphatic rings. The Labute approximate surface area is 263 Å². The highest BCUT2D eigenvalue weighted by atomic mass is 32.2. The summed E-state index contributed by atoms with van der Waals surface area (Å²) in [6, 6.07) is 10.1. The Morgan fingerprint density at radius 1 is 0.978 bits per heavy atom. The third kappa shape index (κ3) is 7.42. The molecule has 5 rings (SSSR count). The summed E-state index contributed by atoms with van der Waals surface area (Å²) in [7, 11) is 2.18. The predicted octanol–water partition coefficient (Wildman–Crippen LogP) is 1.30. The van der Waals surface area contributed by atoms with Crippen molar-refractivity contribution in [1.29, 1.82) is 0 Å². The van der Waals surface area contributed by atoms with Crippen molar-refractivity contribution in [3.63, 3.8) is 0 Å². The van der Waals surface area contributed by atoms with Gasteiger partial charge in [0.25, 0.3) is 11.8 Å². The summed E-state index contributed by atoms with van der Waals surface area (Å²) in [6.07, 6.45) is 5.26. The van der Waals surface area contributed by atoms with E-state index in [1.165, 1.54) is 6.20 Å². The summed E-state index contributed by atoms with van der Waals surface area (Å²) in [4.78, 5) is 46.9. The number of piperazine rings is 1. The van der Waals surface area contributed by atoms with E-state index < -0.39 is 27.2 Å². The van der Waals surface area contributed by atoms with E-state index in [2.05, 4.69) is 42.4 Å². The third-order valence-corrected chi connectivity index (χ3v) is 9.58. The number of anilines is 5. The second kappa shape index (κ2) is 13.2. The van der Waals surface area contributed by atoms with Crippen molar-refractivity contribution in [3.8, 4) is 0 Å². The molecule has 2 aliphatic heterocycles. The maximum atomic E-state index is 13.2. The summed E-state index contributed by atoms with van der Waals surface area (Å²) in [5.74, 6) is -0.468. The number of nitrogens with one attached hydrogen (secondary N) is 2. The van der Waals surface area contributed by atoms with Crippen LogP contribution in [0.5, 0.6) is 0 Å². The average Bonchev–Trinajstić information content (AvgIpc) is 3.01. The molecule has 3 aromatic rings. The number of nitrogens with two attached hydrogens (primary N) is 1. The lowest BCUT2D eigenvalue weighted by Gasteiger charge is -2.41. The van der Waals surface area contributed by atoms with Gasteiger partial charge in [-0.15, -0.1) is 0 Å². The number of nitrogens with zero attached hydrogens (tertiary/aromatic N) is 7. The fourth-order valence-corrected chi connectivity index (χ4v) is 7.14. The molecule has 0 unspecified atom stereocenters. The van der Waals surface area contributed by atoms with Crippen molar-refractivity contribution in [1.82, 2.24) is 25.2 Å². The minimum absolute atomic E-state index is 0.0549. The van der Waals surface area contributed by atoms with Gasteiger partial charge in [-0.3, -0.25) is 9.59 Å². The second-order valence-electron chi connectivity index (χ2n) is 11.7. The Morgan fingerprint density at radius 3 is 2.29 bits per heavy atom. The molecule has 15 heteroatoms. The van der Waals surface area contributed by atoms with Crippen LogP contribution < -0.4 is 31.1 Å². The van der Waals surface area contributed by atoms with E-state index in [1.807, 2.05) is 37.2 Å². The van der Waals surface area contributed by atoms with E-state index in [9.17, 15) is 18.0 Å². The highest BCUT2D eigenvalue weighted by molar-refractivity contribution is 7.91. The lowest BCUT2D eigenvalue weighted by atomic mass is 10.0. The molecule has 240 valence electrons. The number of piperidine rings is 1. The van der Waals surface area contributed by atoms with Crippen LogP contribution in [0.2, 0.25) is 0 Å². The monoisotopic (exact) mass is 636 g/mol. The number of hydrogen-bond acceptors (Lipinski definition) is 12. The van der Waals surface area contributed by atoms with Crippen molar-refractivity contribution >= 4 is 50.5 Å². The number of carbonyl (C=O) groups is 2. The molecule has 2 atom stereocenters. The zero-order chi connectivity index (χ0) is 32.3. The van der Waals surface area contributed by atoms with Crippen LogP contribution in [0.4, 0.5) is 28.8 Å². The van der Waals surface area contributed by atoms with Gasteiger partial charge in [0.05, 0.1) is 24.1 Å². The second-order valence-corrected chi connectivity index (χ2v) is 13.8. The van der Waals surface area contributed by atoms with Gasteiger partial charge in [-0.2, -0.15) is 0 Å². The van der Waals surface area contributed by atoms with E-state index in [1.54, 1.807) is 29.3 Å². The maximum absolute atomic E-state index is 13.2. The minimum atomic E-state index is -3.73. The van der Waals surface area contributed by atoms with Gasteiger partial charge in [0, 0.05) is 64.3 Å². The predicted molar refractivity (Wildman–Crippen MR) is 175 cm³/mol. The molecule has 2 saturated heterocycles. The normalized spacial score (nSPS) is 19.2. The Bertz CT molecular complexity index is 1630. The highest BCUT2D eigenvalue weighted by Gasteiger charge is 2.40. The smallest absolute Gasteiger partial charge is 0.271 e. The molecule has 0 bridgehead atoms. The van der Waals surface area contributed by atoms with Crippen LogP contribution in [0, 0.1) is 0 Å². The summed E-state index contributed by atoms with van der Waals surface area (Å²) in [5.41, 5.74) is 7.85. The summed E-state index contributed by atoms with van der Waals surface area (Å²) < 4.78 is 26.4. The van der Waals surface area contributed by atoms with Gasteiger partial charge in [-0.1, -0.05) is 0 Å². The van der Waals surface area contributed by atoms with E-state index in [4.69, 9.17) is 5.73 Å². The number of carbonyl (C=O) groups excluding carboxylic acids is 2. The molecule has 4 N–H and O–H groups in total. The van der Waals surface area contributed by atoms with Crippen LogP contribution in [0.3, 0.4) is 0 Å². The molecule has 0 saturated carbocycles. The Kier molecular flexibility index (Phi) is 9.39. The van der Waals surface area contributed by atoms with E-state index >= 15 is 0 Å². The Morgan fingerprint density at radius 2 is 1.69 bits per heavy atom. The first kappa shape index (κ1) is 31.9.